The van der Waals surface area contributed by atoms with E-state index >= 15 is 0 Å². The minimum atomic E-state index is 0.626. The molecule has 0 saturated heterocycles. The highest BCUT2D eigenvalue weighted by molar-refractivity contribution is 7.25. The molecule has 0 radical (unpaired) electrons. The Labute approximate surface area is 323 Å². The molecule has 10 rings (SSSR count). The van der Waals surface area contributed by atoms with E-state index in [-0.39, 0.29) is 0 Å². The molecule has 0 amide bonds. The average Bonchev–Trinajstić information content (AvgIpc) is 3.65. The average molecular weight is 720 g/mol. The maximum Gasteiger partial charge on any atom is 0.164 e. The fourth-order valence-electron chi connectivity index (χ4n) is 7.44. The first kappa shape index (κ1) is 32.6. The van der Waals surface area contributed by atoms with E-state index in [1.807, 2.05) is 23.5 Å². The summed E-state index contributed by atoms with van der Waals surface area (Å²) in [5, 5.41) is 2.57. The van der Waals surface area contributed by atoms with Crippen LogP contribution in [-0.2, 0) is 0 Å². The molecule has 3 nitrogen and oxygen atoms in total. The van der Waals surface area contributed by atoms with Crippen LogP contribution in [0.1, 0.15) is 0 Å². The Kier molecular flexibility index (Phi) is 8.36. The lowest BCUT2D eigenvalue weighted by Crippen LogP contribution is -2.02. The fourth-order valence-corrected chi connectivity index (χ4v) is 8.53. The van der Waals surface area contributed by atoms with E-state index < -0.39 is 0 Å². The van der Waals surface area contributed by atoms with Crippen LogP contribution in [0.4, 0.5) is 0 Å². The molecule has 55 heavy (non-hydrogen) atoms. The van der Waals surface area contributed by atoms with Gasteiger partial charge in [-0.05, 0) is 68.8 Å². The van der Waals surface area contributed by atoms with Crippen molar-refractivity contribution in [3.05, 3.63) is 200 Å². The lowest BCUT2D eigenvalue weighted by molar-refractivity contribution is 1.07. The normalized spacial score (nSPS) is 11.3. The Morgan fingerprint density at radius 2 is 0.691 bits per heavy atom. The summed E-state index contributed by atoms with van der Waals surface area (Å²) in [6, 6.07) is 70.4. The Balaban J connectivity index is 1.13. The molecule has 0 saturated carbocycles. The van der Waals surface area contributed by atoms with Crippen molar-refractivity contribution in [3.63, 3.8) is 0 Å². The van der Waals surface area contributed by atoms with Crippen LogP contribution in [0.25, 0.3) is 98.8 Å². The molecule has 258 valence electrons. The van der Waals surface area contributed by atoms with Gasteiger partial charge in [0.1, 0.15) is 0 Å². The van der Waals surface area contributed by atoms with Crippen LogP contribution in [0.5, 0.6) is 0 Å². The van der Waals surface area contributed by atoms with Crippen LogP contribution >= 0.6 is 11.3 Å². The first-order chi connectivity index (χ1) is 27.2. The van der Waals surface area contributed by atoms with Crippen LogP contribution in [-0.4, -0.2) is 15.0 Å². The quantitative estimate of drug-likeness (QED) is 0.165. The molecule has 8 aromatic carbocycles. The molecular weight excluding hydrogens is 687 g/mol. The molecule has 0 aliphatic heterocycles. The summed E-state index contributed by atoms with van der Waals surface area (Å²) in [7, 11) is 0. The van der Waals surface area contributed by atoms with Gasteiger partial charge in [0.05, 0.1) is 0 Å². The molecule has 0 atom stereocenters. The zero-order chi connectivity index (χ0) is 36.6. The van der Waals surface area contributed by atoms with Gasteiger partial charge in [0.15, 0.2) is 17.5 Å². The first-order valence-electron chi connectivity index (χ1n) is 18.4. The summed E-state index contributed by atoms with van der Waals surface area (Å²) >= 11 is 1.84. The topological polar surface area (TPSA) is 38.7 Å². The summed E-state index contributed by atoms with van der Waals surface area (Å²) in [5.74, 6) is 1.88. The highest BCUT2D eigenvalue weighted by Gasteiger charge is 2.18. The number of nitrogens with zero attached hydrogens (tertiary/aromatic N) is 3. The van der Waals surface area contributed by atoms with E-state index in [4.69, 9.17) is 15.0 Å². The number of benzene rings is 8. The van der Waals surface area contributed by atoms with Gasteiger partial charge >= 0.3 is 0 Å². The summed E-state index contributed by atoms with van der Waals surface area (Å²) in [4.78, 5) is 15.7. The molecule has 0 fully saturated rings. The maximum atomic E-state index is 5.25. The highest BCUT2D eigenvalue weighted by Crippen LogP contribution is 2.39. The zero-order valence-corrected chi connectivity index (χ0v) is 30.6. The van der Waals surface area contributed by atoms with E-state index in [1.165, 1.54) is 31.3 Å². The molecule has 2 aromatic heterocycles. The molecule has 4 heteroatoms. The number of fused-ring (bicyclic) bond motifs is 3. The molecule has 0 N–H and O–H groups in total. The van der Waals surface area contributed by atoms with E-state index in [1.54, 1.807) is 0 Å². The molecule has 2 heterocycles. The third-order valence-electron chi connectivity index (χ3n) is 10.2. The molecule has 10 aromatic rings. The van der Waals surface area contributed by atoms with Crippen molar-refractivity contribution >= 4 is 31.5 Å². The zero-order valence-electron chi connectivity index (χ0n) is 29.8. The van der Waals surface area contributed by atoms with Gasteiger partial charge < -0.3 is 0 Å². The van der Waals surface area contributed by atoms with Gasteiger partial charge in [-0.25, -0.2) is 15.0 Å². The molecule has 0 unspecified atom stereocenters. The number of hydrogen-bond donors (Lipinski definition) is 0. The molecule has 0 aliphatic carbocycles. The van der Waals surface area contributed by atoms with Crippen molar-refractivity contribution in [1.82, 2.24) is 15.0 Å². The number of thiophene rings is 1. The summed E-state index contributed by atoms with van der Waals surface area (Å²) in [6.45, 7) is 0. The van der Waals surface area contributed by atoms with E-state index in [2.05, 4.69) is 188 Å². The van der Waals surface area contributed by atoms with E-state index in [0.29, 0.717) is 17.5 Å². The fraction of sp³-hybridized carbons (Fsp3) is 0. The second-order valence-corrected chi connectivity index (χ2v) is 14.7. The van der Waals surface area contributed by atoms with Gasteiger partial charge in [-0.3, -0.25) is 0 Å². The monoisotopic (exact) mass is 719 g/mol. The molecule has 0 bridgehead atoms. The minimum Gasteiger partial charge on any atom is -0.208 e. The van der Waals surface area contributed by atoms with E-state index in [0.717, 1.165) is 50.1 Å². The predicted molar refractivity (Wildman–Crippen MR) is 231 cm³/mol. The smallest absolute Gasteiger partial charge is 0.164 e. The predicted octanol–water partition coefficient (Wildman–Crippen LogP) is 13.9. The van der Waals surface area contributed by atoms with Crippen molar-refractivity contribution < 1.29 is 0 Å². The lowest BCUT2D eigenvalue weighted by atomic mass is 9.96. The van der Waals surface area contributed by atoms with E-state index in [9.17, 15) is 0 Å². The van der Waals surface area contributed by atoms with Gasteiger partial charge in [-0.1, -0.05) is 176 Å². The van der Waals surface area contributed by atoms with Crippen LogP contribution in [0.3, 0.4) is 0 Å². The Bertz CT molecular complexity index is 2970. The molecule has 0 spiro atoms. The third kappa shape index (κ3) is 6.29. The Hall–Kier alpha value is -7.01. The van der Waals surface area contributed by atoms with Crippen molar-refractivity contribution in [2.45, 2.75) is 0 Å². The Morgan fingerprint density at radius 3 is 1.38 bits per heavy atom. The van der Waals surface area contributed by atoms with Gasteiger partial charge in [0.2, 0.25) is 0 Å². The summed E-state index contributed by atoms with van der Waals surface area (Å²) < 4.78 is 2.59. The second-order valence-electron chi connectivity index (χ2n) is 13.6. The van der Waals surface area contributed by atoms with Gasteiger partial charge in [0, 0.05) is 36.9 Å². The highest BCUT2D eigenvalue weighted by atomic mass is 32.1. The van der Waals surface area contributed by atoms with Gasteiger partial charge in [0.25, 0.3) is 0 Å². The lowest BCUT2D eigenvalue weighted by Gasteiger charge is -2.14. The molecular formula is C51H33N3S. The maximum absolute atomic E-state index is 5.25. The Morgan fingerprint density at radius 1 is 0.255 bits per heavy atom. The van der Waals surface area contributed by atoms with Crippen molar-refractivity contribution in [1.29, 1.82) is 0 Å². The van der Waals surface area contributed by atoms with Crippen molar-refractivity contribution in [2.75, 3.05) is 0 Å². The largest absolute Gasteiger partial charge is 0.208 e. The first-order valence-corrected chi connectivity index (χ1v) is 19.3. The van der Waals surface area contributed by atoms with Gasteiger partial charge in [-0.2, -0.15) is 0 Å². The summed E-state index contributed by atoms with van der Waals surface area (Å²) in [6.07, 6.45) is 0. The van der Waals surface area contributed by atoms with Crippen LogP contribution in [0.2, 0.25) is 0 Å². The number of hydrogen-bond acceptors (Lipinski definition) is 4. The van der Waals surface area contributed by atoms with Crippen molar-refractivity contribution in [2.24, 2.45) is 0 Å². The number of aromatic nitrogens is 3. The van der Waals surface area contributed by atoms with Gasteiger partial charge in [-0.15, -0.1) is 11.3 Å². The second kappa shape index (κ2) is 14.1. The number of rotatable bonds is 7. The van der Waals surface area contributed by atoms with Crippen LogP contribution in [0, 0.1) is 0 Å². The molecule has 0 aliphatic rings. The SMILES string of the molecule is c1ccc(-c2ccc(-c3ccccc3-c3nc(-c4cccc(-c5ccc6sc7ccccc7c6c5)c4)nc(-c4ccccc4-c4ccccc4)n3)cc2)cc1. The minimum absolute atomic E-state index is 0.626. The van der Waals surface area contributed by atoms with Crippen LogP contribution < -0.4 is 0 Å². The summed E-state index contributed by atoms with van der Waals surface area (Å²) in [5.41, 5.74) is 11.8. The van der Waals surface area contributed by atoms with Crippen LogP contribution in [0.15, 0.2) is 200 Å². The van der Waals surface area contributed by atoms with Crippen molar-refractivity contribution in [3.8, 4) is 78.7 Å². The standard InChI is InChI=1S/C51H33N3S/c1-3-14-34(15-4-1)35-26-28-37(29-27-35)42-21-8-10-24-45(42)51-53-49(52-50(54-51)44-23-9-7-20-41(44)36-16-5-2-6-17-36)40-19-13-18-38(32-40)39-30-31-48-46(33-39)43-22-11-12-25-47(43)55-48/h1-33H. The third-order valence-corrected chi connectivity index (χ3v) is 11.3.